The summed E-state index contributed by atoms with van der Waals surface area (Å²) < 4.78 is 0. The number of hydrogen-bond acceptors (Lipinski definition) is 0. The van der Waals surface area contributed by atoms with Crippen LogP contribution in [0.3, 0.4) is 0 Å². The van der Waals surface area contributed by atoms with E-state index in [0.29, 0.717) is 0 Å². The lowest BCUT2D eigenvalue weighted by molar-refractivity contribution is 0.717. The Balaban J connectivity index is 1.70. The Morgan fingerprint density at radius 3 is 1.93 bits per heavy atom. The van der Waals surface area contributed by atoms with Gasteiger partial charge in [0.25, 0.3) is 0 Å². The van der Waals surface area contributed by atoms with Crippen molar-refractivity contribution in [2.24, 2.45) is 0 Å². The van der Waals surface area contributed by atoms with Gasteiger partial charge in [-0.2, -0.15) is 0 Å². The van der Waals surface area contributed by atoms with Gasteiger partial charge in [0.05, 0.1) is 0 Å². The van der Waals surface area contributed by atoms with Crippen LogP contribution in [0, 0.1) is 18.8 Å². The van der Waals surface area contributed by atoms with Gasteiger partial charge in [0.1, 0.15) is 0 Å². The summed E-state index contributed by atoms with van der Waals surface area (Å²) in [5, 5.41) is 0. The van der Waals surface area contributed by atoms with Crippen molar-refractivity contribution in [3.05, 3.63) is 94.5 Å². The van der Waals surface area contributed by atoms with E-state index in [0.717, 1.165) is 17.5 Å². The highest BCUT2D eigenvalue weighted by Crippen LogP contribution is 2.23. The van der Waals surface area contributed by atoms with Crippen LogP contribution in [0.5, 0.6) is 0 Å². The molecule has 0 aliphatic heterocycles. The zero-order valence-electron chi connectivity index (χ0n) is 18.1. The Bertz CT molecular complexity index is 963. The smallest absolute Gasteiger partial charge is 0.0278 e. The van der Waals surface area contributed by atoms with Crippen LogP contribution >= 0.6 is 0 Å². The van der Waals surface area contributed by atoms with E-state index in [4.69, 9.17) is 0 Å². The summed E-state index contributed by atoms with van der Waals surface area (Å²) in [5.41, 5.74) is 8.76. The zero-order valence-corrected chi connectivity index (χ0v) is 18.1. The number of unbranched alkanes of at least 4 members (excludes halogenated alkanes) is 2. The molecule has 0 amide bonds. The summed E-state index contributed by atoms with van der Waals surface area (Å²) >= 11 is 0. The van der Waals surface area contributed by atoms with Crippen molar-refractivity contribution in [1.29, 1.82) is 0 Å². The molecule has 0 N–H and O–H groups in total. The Hall–Kier alpha value is -2.78. The van der Waals surface area contributed by atoms with Crippen LogP contribution in [0.2, 0.25) is 0 Å². The largest absolute Gasteiger partial charge is 0.0654 e. The van der Waals surface area contributed by atoms with E-state index in [9.17, 15) is 0 Å². The van der Waals surface area contributed by atoms with E-state index in [2.05, 4.69) is 99.3 Å². The minimum atomic E-state index is 1.08. The molecule has 0 aliphatic rings. The molecule has 3 aromatic carbocycles. The first kappa shape index (κ1) is 20.9. The van der Waals surface area contributed by atoms with Gasteiger partial charge >= 0.3 is 0 Å². The van der Waals surface area contributed by atoms with Crippen molar-refractivity contribution in [2.75, 3.05) is 0 Å². The summed E-state index contributed by atoms with van der Waals surface area (Å²) in [6.07, 6.45) is 7.36. The van der Waals surface area contributed by atoms with E-state index in [1.54, 1.807) is 0 Å². The Kier molecular flexibility index (Phi) is 7.71. The van der Waals surface area contributed by atoms with Crippen molar-refractivity contribution < 1.29 is 0 Å². The predicted octanol–water partition coefficient (Wildman–Crippen LogP) is 7.75. The van der Waals surface area contributed by atoms with Gasteiger partial charge in [0, 0.05) is 11.1 Å². The number of benzene rings is 3. The summed E-state index contributed by atoms with van der Waals surface area (Å²) in [6.45, 7) is 6.61. The molecular formula is C29H32. The van der Waals surface area contributed by atoms with E-state index in [-0.39, 0.29) is 0 Å². The van der Waals surface area contributed by atoms with Crippen molar-refractivity contribution in [2.45, 2.75) is 59.3 Å². The topological polar surface area (TPSA) is 0 Å². The number of hydrogen-bond donors (Lipinski definition) is 0. The molecule has 0 spiro atoms. The highest BCUT2D eigenvalue weighted by atomic mass is 14.1. The molecule has 0 unspecified atom stereocenters. The summed E-state index contributed by atoms with van der Waals surface area (Å²) in [4.78, 5) is 0. The second kappa shape index (κ2) is 10.7. The van der Waals surface area contributed by atoms with Crippen LogP contribution in [0.15, 0.2) is 66.7 Å². The fourth-order valence-corrected chi connectivity index (χ4v) is 3.61. The van der Waals surface area contributed by atoms with Gasteiger partial charge in [0.2, 0.25) is 0 Å². The van der Waals surface area contributed by atoms with Crippen LogP contribution in [-0.4, -0.2) is 0 Å². The van der Waals surface area contributed by atoms with Gasteiger partial charge in [0.15, 0.2) is 0 Å². The second-order valence-corrected chi connectivity index (χ2v) is 7.88. The van der Waals surface area contributed by atoms with Gasteiger partial charge in [-0.3, -0.25) is 0 Å². The fourth-order valence-electron chi connectivity index (χ4n) is 3.61. The average molecular weight is 381 g/mol. The fraction of sp³-hybridized carbons (Fsp3) is 0.310. The molecule has 3 rings (SSSR count). The van der Waals surface area contributed by atoms with Crippen LogP contribution in [0.1, 0.15) is 67.3 Å². The average Bonchev–Trinajstić information content (AvgIpc) is 2.75. The molecule has 0 bridgehead atoms. The maximum atomic E-state index is 3.35. The Morgan fingerprint density at radius 1 is 0.621 bits per heavy atom. The Labute approximate surface area is 177 Å². The quantitative estimate of drug-likeness (QED) is 0.290. The van der Waals surface area contributed by atoms with Crippen molar-refractivity contribution in [3.63, 3.8) is 0 Å². The van der Waals surface area contributed by atoms with E-state index in [1.165, 1.54) is 59.9 Å². The van der Waals surface area contributed by atoms with Crippen LogP contribution in [0.25, 0.3) is 11.1 Å². The maximum absolute atomic E-state index is 3.35. The molecule has 0 aromatic heterocycles. The van der Waals surface area contributed by atoms with Gasteiger partial charge in [-0.25, -0.2) is 0 Å². The SMILES string of the molecule is CCCCCc1ccc(-c2ccc(C#Cc3ccc(CCC)cc3)c(C)c2)cc1. The molecule has 0 saturated heterocycles. The third-order valence-corrected chi connectivity index (χ3v) is 5.42. The molecule has 29 heavy (non-hydrogen) atoms. The van der Waals surface area contributed by atoms with E-state index < -0.39 is 0 Å². The molecule has 0 heteroatoms. The lowest BCUT2D eigenvalue weighted by atomic mass is 9.98. The van der Waals surface area contributed by atoms with Crippen molar-refractivity contribution in [1.82, 2.24) is 0 Å². The molecule has 0 fully saturated rings. The number of rotatable bonds is 7. The van der Waals surface area contributed by atoms with Crippen LogP contribution in [-0.2, 0) is 12.8 Å². The van der Waals surface area contributed by atoms with Crippen LogP contribution < -0.4 is 0 Å². The second-order valence-electron chi connectivity index (χ2n) is 7.88. The first-order valence-corrected chi connectivity index (χ1v) is 11.0. The van der Waals surface area contributed by atoms with Gasteiger partial charge < -0.3 is 0 Å². The maximum Gasteiger partial charge on any atom is 0.0278 e. The normalized spacial score (nSPS) is 10.4. The van der Waals surface area contributed by atoms with Gasteiger partial charge in [-0.1, -0.05) is 93.5 Å². The summed E-state index contributed by atoms with van der Waals surface area (Å²) in [5.74, 6) is 6.66. The first-order chi connectivity index (χ1) is 14.2. The molecule has 0 heterocycles. The molecule has 0 radical (unpaired) electrons. The molecule has 0 atom stereocenters. The summed E-state index contributed by atoms with van der Waals surface area (Å²) in [7, 11) is 0. The predicted molar refractivity (Wildman–Crippen MR) is 126 cm³/mol. The van der Waals surface area contributed by atoms with E-state index in [1.807, 2.05) is 0 Å². The minimum absolute atomic E-state index is 1.08. The van der Waals surface area contributed by atoms with Gasteiger partial charge in [-0.05, 0) is 72.2 Å². The third-order valence-electron chi connectivity index (χ3n) is 5.42. The first-order valence-electron chi connectivity index (χ1n) is 11.0. The summed E-state index contributed by atoms with van der Waals surface area (Å²) in [6, 6.07) is 24.3. The lowest BCUT2D eigenvalue weighted by Gasteiger charge is -2.07. The molecule has 3 aromatic rings. The highest BCUT2D eigenvalue weighted by Gasteiger charge is 2.02. The Morgan fingerprint density at radius 2 is 1.28 bits per heavy atom. The molecule has 0 aliphatic carbocycles. The number of aryl methyl sites for hydroxylation is 3. The third kappa shape index (κ3) is 6.10. The molecule has 0 nitrogen and oxygen atoms in total. The highest BCUT2D eigenvalue weighted by molar-refractivity contribution is 5.66. The molecule has 0 saturated carbocycles. The minimum Gasteiger partial charge on any atom is -0.0654 e. The zero-order chi connectivity index (χ0) is 20.5. The van der Waals surface area contributed by atoms with Crippen molar-refractivity contribution in [3.8, 4) is 23.0 Å². The molecular weight excluding hydrogens is 348 g/mol. The van der Waals surface area contributed by atoms with Crippen molar-refractivity contribution >= 4 is 0 Å². The van der Waals surface area contributed by atoms with E-state index >= 15 is 0 Å². The molecule has 148 valence electrons. The van der Waals surface area contributed by atoms with Crippen LogP contribution in [0.4, 0.5) is 0 Å². The monoisotopic (exact) mass is 380 g/mol. The lowest BCUT2D eigenvalue weighted by Crippen LogP contribution is -1.88. The van der Waals surface area contributed by atoms with Gasteiger partial charge in [-0.15, -0.1) is 0 Å². The standard InChI is InChI=1S/C29H32/c1-4-6-7-9-25-15-18-28(19-16-25)29-21-20-27(23(3)22-29)17-14-26-12-10-24(8-5-2)11-13-26/h10-13,15-16,18-22H,4-9H2,1-3H3.